The van der Waals surface area contributed by atoms with Gasteiger partial charge in [0.15, 0.2) is 0 Å². The second kappa shape index (κ2) is 6.03. The number of benzene rings is 1. The van der Waals surface area contributed by atoms with Gasteiger partial charge < -0.3 is 11.1 Å². The van der Waals surface area contributed by atoms with Crippen molar-refractivity contribution < 1.29 is 4.79 Å². The van der Waals surface area contributed by atoms with Gasteiger partial charge in [-0.05, 0) is 31.5 Å². The molecule has 0 unspecified atom stereocenters. The maximum absolute atomic E-state index is 11.2. The molecule has 1 aliphatic rings. The van der Waals surface area contributed by atoms with Crippen LogP contribution in [0.25, 0.3) is 0 Å². The zero-order valence-electron chi connectivity index (χ0n) is 9.82. The fourth-order valence-corrected chi connectivity index (χ4v) is 2.60. The molecule has 1 fully saturated rings. The van der Waals surface area contributed by atoms with Gasteiger partial charge in [0.2, 0.25) is 5.91 Å². The van der Waals surface area contributed by atoms with Gasteiger partial charge in [0, 0.05) is 11.8 Å². The zero-order valence-corrected chi connectivity index (χ0v) is 10.6. The summed E-state index contributed by atoms with van der Waals surface area (Å²) in [4.78, 5) is 11.2. The first kappa shape index (κ1) is 14.0. The molecule has 3 N–H and O–H groups in total. The van der Waals surface area contributed by atoms with Crippen LogP contribution in [0.3, 0.4) is 0 Å². The maximum atomic E-state index is 11.2. The van der Waals surface area contributed by atoms with Gasteiger partial charge in [0.25, 0.3) is 0 Å². The van der Waals surface area contributed by atoms with Crippen LogP contribution in [-0.2, 0) is 10.2 Å². The molecule has 0 aromatic heterocycles. The van der Waals surface area contributed by atoms with Crippen LogP contribution in [0.2, 0.25) is 0 Å². The molecule has 1 amide bonds. The van der Waals surface area contributed by atoms with Crippen molar-refractivity contribution in [1.82, 2.24) is 5.32 Å². The molecule has 0 bridgehead atoms. The summed E-state index contributed by atoms with van der Waals surface area (Å²) in [6.45, 7) is 1.92. The first-order valence-electron chi connectivity index (χ1n) is 5.77. The minimum absolute atomic E-state index is 0. The molecular weight excluding hydrogens is 236 g/mol. The molecule has 0 radical (unpaired) electrons. The van der Waals surface area contributed by atoms with E-state index in [0.29, 0.717) is 6.42 Å². The molecule has 17 heavy (non-hydrogen) atoms. The van der Waals surface area contributed by atoms with Crippen molar-refractivity contribution >= 4 is 18.3 Å². The van der Waals surface area contributed by atoms with Gasteiger partial charge in [-0.2, -0.15) is 0 Å². The third-order valence-corrected chi connectivity index (χ3v) is 3.46. The fourth-order valence-electron chi connectivity index (χ4n) is 2.60. The topological polar surface area (TPSA) is 55.1 Å². The van der Waals surface area contributed by atoms with Crippen molar-refractivity contribution in [1.29, 1.82) is 0 Å². The van der Waals surface area contributed by atoms with Gasteiger partial charge in [-0.3, -0.25) is 4.79 Å². The molecule has 0 spiro atoms. The Balaban J connectivity index is 0.00000144. The second-order valence-electron chi connectivity index (χ2n) is 4.54. The van der Waals surface area contributed by atoms with E-state index in [-0.39, 0.29) is 23.7 Å². The summed E-state index contributed by atoms with van der Waals surface area (Å²) in [6.07, 6.45) is 2.43. The molecular formula is C13H19ClN2O. The monoisotopic (exact) mass is 254 g/mol. The van der Waals surface area contributed by atoms with Crippen molar-refractivity contribution in [3.8, 4) is 0 Å². The van der Waals surface area contributed by atoms with E-state index in [2.05, 4.69) is 17.4 Å². The number of hydrogen-bond acceptors (Lipinski definition) is 2. The maximum Gasteiger partial charge on any atom is 0.218 e. The van der Waals surface area contributed by atoms with Gasteiger partial charge in [-0.1, -0.05) is 30.3 Å². The second-order valence-corrected chi connectivity index (χ2v) is 4.54. The van der Waals surface area contributed by atoms with Crippen molar-refractivity contribution in [2.45, 2.75) is 24.7 Å². The smallest absolute Gasteiger partial charge is 0.218 e. The van der Waals surface area contributed by atoms with E-state index in [0.717, 1.165) is 25.9 Å². The summed E-state index contributed by atoms with van der Waals surface area (Å²) in [5, 5.41) is 3.33. The number of rotatable bonds is 3. The average molecular weight is 255 g/mol. The van der Waals surface area contributed by atoms with Gasteiger partial charge >= 0.3 is 0 Å². The fraction of sp³-hybridized carbons (Fsp3) is 0.462. The van der Waals surface area contributed by atoms with E-state index in [1.165, 1.54) is 5.56 Å². The molecule has 2 rings (SSSR count). The SMILES string of the molecule is Cl.NC(=O)CC1(c2ccccc2)CCNCC1. The largest absolute Gasteiger partial charge is 0.370 e. The minimum Gasteiger partial charge on any atom is -0.370 e. The number of nitrogens with two attached hydrogens (primary N) is 1. The highest BCUT2D eigenvalue weighted by atomic mass is 35.5. The zero-order chi connectivity index (χ0) is 11.4. The summed E-state index contributed by atoms with van der Waals surface area (Å²) < 4.78 is 0. The Kier molecular flexibility index (Phi) is 4.97. The highest BCUT2D eigenvalue weighted by Crippen LogP contribution is 2.36. The quantitative estimate of drug-likeness (QED) is 0.861. The van der Waals surface area contributed by atoms with Crippen LogP contribution in [0.4, 0.5) is 0 Å². The van der Waals surface area contributed by atoms with E-state index in [1.807, 2.05) is 18.2 Å². The molecule has 0 aliphatic carbocycles. The number of carbonyl (C=O) groups excluding carboxylic acids is 1. The van der Waals surface area contributed by atoms with Gasteiger partial charge in [0.1, 0.15) is 0 Å². The van der Waals surface area contributed by atoms with Gasteiger partial charge in [-0.15, -0.1) is 12.4 Å². The lowest BCUT2D eigenvalue weighted by molar-refractivity contribution is -0.119. The van der Waals surface area contributed by atoms with Crippen LogP contribution >= 0.6 is 12.4 Å². The summed E-state index contributed by atoms with van der Waals surface area (Å²) >= 11 is 0. The van der Waals surface area contributed by atoms with Crippen LogP contribution in [0, 0.1) is 0 Å². The van der Waals surface area contributed by atoms with Crippen LogP contribution in [-0.4, -0.2) is 19.0 Å². The Morgan fingerprint density at radius 3 is 2.35 bits per heavy atom. The molecule has 1 saturated heterocycles. The minimum atomic E-state index is -0.203. The number of halogens is 1. The highest BCUT2D eigenvalue weighted by molar-refractivity contribution is 5.85. The van der Waals surface area contributed by atoms with Crippen LogP contribution in [0.15, 0.2) is 30.3 Å². The summed E-state index contributed by atoms with van der Waals surface area (Å²) in [5.74, 6) is -0.203. The lowest BCUT2D eigenvalue weighted by atomic mass is 9.71. The number of carbonyl (C=O) groups is 1. The standard InChI is InChI=1S/C13H18N2O.ClH/c14-12(16)10-13(6-8-15-9-7-13)11-4-2-1-3-5-11;/h1-5,15H,6-10H2,(H2,14,16);1H. The van der Waals surface area contributed by atoms with Crippen molar-refractivity contribution in [3.05, 3.63) is 35.9 Å². The lowest BCUT2D eigenvalue weighted by Crippen LogP contribution is -2.42. The van der Waals surface area contributed by atoms with Crippen LogP contribution in [0.1, 0.15) is 24.8 Å². The third kappa shape index (κ3) is 3.20. The van der Waals surface area contributed by atoms with E-state index < -0.39 is 0 Å². The normalized spacial score (nSPS) is 18.1. The summed E-state index contributed by atoms with van der Waals surface area (Å²) in [5.41, 5.74) is 6.59. The molecule has 1 aromatic rings. The van der Waals surface area contributed by atoms with Gasteiger partial charge in [-0.25, -0.2) is 0 Å². The number of nitrogens with one attached hydrogen (secondary N) is 1. The molecule has 1 heterocycles. The van der Waals surface area contributed by atoms with Crippen LogP contribution < -0.4 is 11.1 Å². The van der Waals surface area contributed by atoms with Gasteiger partial charge in [0.05, 0.1) is 0 Å². The third-order valence-electron chi connectivity index (χ3n) is 3.46. The Bertz CT molecular complexity index is 361. The van der Waals surface area contributed by atoms with E-state index in [4.69, 9.17) is 5.73 Å². The molecule has 94 valence electrons. The Hall–Kier alpha value is -1.06. The number of piperidine rings is 1. The molecule has 1 aliphatic heterocycles. The van der Waals surface area contributed by atoms with E-state index in [9.17, 15) is 4.79 Å². The summed E-state index contributed by atoms with van der Waals surface area (Å²) in [6, 6.07) is 10.3. The van der Waals surface area contributed by atoms with Crippen molar-refractivity contribution in [3.63, 3.8) is 0 Å². The lowest BCUT2D eigenvalue weighted by Gasteiger charge is -2.37. The predicted octanol–water partition coefficient (Wildman–Crippen LogP) is 1.60. The Morgan fingerprint density at radius 1 is 1.24 bits per heavy atom. The molecule has 0 saturated carbocycles. The highest BCUT2D eigenvalue weighted by Gasteiger charge is 2.35. The Labute approximate surface area is 108 Å². The molecule has 4 heteroatoms. The summed E-state index contributed by atoms with van der Waals surface area (Å²) in [7, 11) is 0. The number of primary amides is 1. The van der Waals surface area contributed by atoms with E-state index in [1.54, 1.807) is 0 Å². The molecule has 1 aromatic carbocycles. The first-order chi connectivity index (χ1) is 7.73. The van der Waals surface area contributed by atoms with Crippen molar-refractivity contribution in [2.75, 3.05) is 13.1 Å². The molecule has 0 atom stereocenters. The molecule has 3 nitrogen and oxygen atoms in total. The number of amides is 1. The van der Waals surface area contributed by atoms with Crippen LogP contribution in [0.5, 0.6) is 0 Å². The number of hydrogen-bond donors (Lipinski definition) is 2. The van der Waals surface area contributed by atoms with Crippen molar-refractivity contribution in [2.24, 2.45) is 5.73 Å². The first-order valence-corrected chi connectivity index (χ1v) is 5.77. The predicted molar refractivity (Wildman–Crippen MR) is 71.3 cm³/mol. The Morgan fingerprint density at radius 2 is 1.82 bits per heavy atom. The average Bonchev–Trinajstić information content (AvgIpc) is 2.30. The van der Waals surface area contributed by atoms with E-state index >= 15 is 0 Å².